The number of hydrogen-bond donors (Lipinski definition) is 3. The Kier molecular flexibility index (Phi) is 6.13. The maximum absolute atomic E-state index is 12.0. The Labute approximate surface area is 125 Å². The fourth-order valence-electron chi connectivity index (χ4n) is 1.60. The summed E-state index contributed by atoms with van der Waals surface area (Å²) >= 11 is 0. The van der Waals surface area contributed by atoms with Crippen molar-refractivity contribution in [3.8, 4) is 0 Å². The number of rotatable bonds is 9. The molecule has 11 heteroatoms. The van der Waals surface area contributed by atoms with Gasteiger partial charge in [0, 0.05) is 25.8 Å². The third-order valence-corrected chi connectivity index (χ3v) is 4.71. The Bertz CT molecular complexity index is 666. The van der Waals surface area contributed by atoms with Gasteiger partial charge in [0.05, 0.1) is 6.26 Å². The van der Waals surface area contributed by atoms with Gasteiger partial charge in [-0.2, -0.15) is 5.10 Å². The van der Waals surface area contributed by atoms with E-state index in [1.807, 2.05) is 6.92 Å². The number of sulfonamides is 2. The van der Waals surface area contributed by atoms with Crippen LogP contribution in [-0.4, -0.2) is 46.0 Å². The minimum absolute atomic E-state index is 0.0507. The SMILES string of the molecule is CCCn1cc(S(=O)(=O)NCCCNS(C)(=O)=O)c(N)n1. The molecule has 122 valence electrons. The number of nitrogens with zero attached hydrogens (tertiary/aromatic N) is 2. The number of nitrogen functional groups attached to an aromatic ring is 1. The van der Waals surface area contributed by atoms with E-state index in [4.69, 9.17) is 5.73 Å². The van der Waals surface area contributed by atoms with Crippen molar-refractivity contribution in [2.75, 3.05) is 25.1 Å². The van der Waals surface area contributed by atoms with Gasteiger partial charge in [-0.05, 0) is 12.8 Å². The topological polar surface area (TPSA) is 136 Å². The molecule has 0 fully saturated rings. The van der Waals surface area contributed by atoms with Crippen molar-refractivity contribution in [3.05, 3.63) is 6.20 Å². The second-order valence-electron chi connectivity index (χ2n) is 4.56. The molecule has 1 aromatic rings. The first-order valence-electron chi connectivity index (χ1n) is 6.43. The lowest BCUT2D eigenvalue weighted by molar-refractivity contribution is 0.573. The largest absolute Gasteiger partial charge is 0.381 e. The summed E-state index contributed by atoms with van der Waals surface area (Å²) in [6.45, 7) is 2.78. The Morgan fingerprint density at radius 3 is 2.43 bits per heavy atom. The van der Waals surface area contributed by atoms with Crippen LogP contribution >= 0.6 is 0 Å². The molecule has 0 atom stereocenters. The zero-order chi connectivity index (χ0) is 16.1. The summed E-state index contributed by atoms with van der Waals surface area (Å²) in [5.41, 5.74) is 5.60. The number of aryl methyl sites for hydroxylation is 1. The molecule has 0 saturated heterocycles. The predicted molar refractivity (Wildman–Crippen MR) is 79.6 cm³/mol. The fourth-order valence-corrected chi connectivity index (χ4v) is 3.26. The molecule has 1 heterocycles. The average molecular weight is 339 g/mol. The molecule has 9 nitrogen and oxygen atoms in total. The predicted octanol–water partition coefficient (Wildman–Crippen LogP) is -0.907. The molecule has 4 N–H and O–H groups in total. The molecule has 0 amide bonds. The molecule has 0 radical (unpaired) electrons. The molecule has 0 aliphatic rings. The molecule has 0 bridgehead atoms. The third kappa shape index (κ3) is 5.99. The van der Waals surface area contributed by atoms with Crippen LogP contribution in [0.2, 0.25) is 0 Å². The number of aromatic nitrogens is 2. The molecule has 0 unspecified atom stereocenters. The van der Waals surface area contributed by atoms with E-state index in [0.717, 1.165) is 12.7 Å². The van der Waals surface area contributed by atoms with Gasteiger partial charge in [-0.1, -0.05) is 6.92 Å². The van der Waals surface area contributed by atoms with E-state index >= 15 is 0 Å². The Balaban J connectivity index is 2.57. The summed E-state index contributed by atoms with van der Waals surface area (Å²) in [7, 11) is -7.00. The number of anilines is 1. The minimum atomic E-state index is -3.74. The van der Waals surface area contributed by atoms with Gasteiger partial charge in [0.1, 0.15) is 4.90 Å². The second-order valence-corrected chi connectivity index (χ2v) is 8.13. The van der Waals surface area contributed by atoms with Gasteiger partial charge in [-0.3, -0.25) is 4.68 Å². The van der Waals surface area contributed by atoms with Crippen molar-refractivity contribution in [1.82, 2.24) is 19.2 Å². The summed E-state index contributed by atoms with van der Waals surface area (Å²) in [4.78, 5) is -0.0629. The first-order valence-corrected chi connectivity index (χ1v) is 9.80. The van der Waals surface area contributed by atoms with Crippen LogP contribution in [0.3, 0.4) is 0 Å². The number of nitrogens with one attached hydrogen (secondary N) is 2. The van der Waals surface area contributed by atoms with Crippen LogP contribution in [0.25, 0.3) is 0 Å². The van der Waals surface area contributed by atoms with E-state index in [0.29, 0.717) is 13.0 Å². The highest BCUT2D eigenvalue weighted by atomic mass is 32.2. The van der Waals surface area contributed by atoms with Crippen molar-refractivity contribution in [2.24, 2.45) is 0 Å². The summed E-state index contributed by atoms with van der Waals surface area (Å²) < 4.78 is 51.9. The summed E-state index contributed by atoms with van der Waals surface area (Å²) in [6, 6.07) is 0. The molecule has 1 rings (SSSR count). The molecule has 0 spiro atoms. The van der Waals surface area contributed by atoms with Gasteiger partial charge >= 0.3 is 0 Å². The van der Waals surface area contributed by atoms with Gasteiger partial charge in [0.2, 0.25) is 20.0 Å². The number of hydrogen-bond acceptors (Lipinski definition) is 6. The molecule has 0 saturated carbocycles. The summed E-state index contributed by atoms with van der Waals surface area (Å²) in [6.07, 6.45) is 3.57. The van der Waals surface area contributed by atoms with E-state index < -0.39 is 20.0 Å². The van der Waals surface area contributed by atoms with E-state index in [2.05, 4.69) is 14.5 Å². The van der Waals surface area contributed by atoms with Crippen LogP contribution in [0.15, 0.2) is 11.1 Å². The monoisotopic (exact) mass is 339 g/mol. The van der Waals surface area contributed by atoms with E-state index in [9.17, 15) is 16.8 Å². The summed E-state index contributed by atoms with van der Waals surface area (Å²) in [5.74, 6) is -0.0507. The highest BCUT2D eigenvalue weighted by molar-refractivity contribution is 7.89. The van der Waals surface area contributed by atoms with Gasteiger partial charge in [0.15, 0.2) is 5.82 Å². The van der Waals surface area contributed by atoms with E-state index in [-0.39, 0.29) is 23.8 Å². The first-order chi connectivity index (χ1) is 9.65. The maximum Gasteiger partial charge on any atom is 0.245 e. The molecule has 1 aromatic heterocycles. The molecule has 0 aliphatic heterocycles. The van der Waals surface area contributed by atoms with Gasteiger partial charge in [-0.25, -0.2) is 26.3 Å². The normalized spacial score (nSPS) is 12.7. The highest BCUT2D eigenvalue weighted by Crippen LogP contribution is 2.15. The third-order valence-electron chi connectivity index (χ3n) is 2.51. The lowest BCUT2D eigenvalue weighted by Crippen LogP contribution is -2.29. The average Bonchev–Trinajstić information content (AvgIpc) is 2.69. The smallest absolute Gasteiger partial charge is 0.245 e. The Morgan fingerprint density at radius 2 is 1.86 bits per heavy atom. The zero-order valence-electron chi connectivity index (χ0n) is 12.0. The van der Waals surface area contributed by atoms with Crippen molar-refractivity contribution in [3.63, 3.8) is 0 Å². The van der Waals surface area contributed by atoms with Crippen LogP contribution in [0.4, 0.5) is 5.82 Å². The molecular formula is C10H21N5O4S2. The Hall–Kier alpha value is -1.17. The van der Waals surface area contributed by atoms with Crippen LogP contribution in [0, 0.1) is 0 Å². The lowest BCUT2D eigenvalue weighted by Gasteiger charge is -2.05. The molecule has 0 aliphatic carbocycles. The van der Waals surface area contributed by atoms with Crippen LogP contribution in [0.5, 0.6) is 0 Å². The van der Waals surface area contributed by atoms with Crippen LogP contribution in [-0.2, 0) is 26.6 Å². The lowest BCUT2D eigenvalue weighted by atomic mass is 10.4. The van der Waals surface area contributed by atoms with Crippen molar-refractivity contribution < 1.29 is 16.8 Å². The van der Waals surface area contributed by atoms with Crippen LogP contribution in [0.1, 0.15) is 19.8 Å². The highest BCUT2D eigenvalue weighted by Gasteiger charge is 2.20. The van der Waals surface area contributed by atoms with Crippen LogP contribution < -0.4 is 15.2 Å². The van der Waals surface area contributed by atoms with Gasteiger partial charge in [0.25, 0.3) is 0 Å². The van der Waals surface area contributed by atoms with E-state index in [1.54, 1.807) is 0 Å². The standard InChI is InChI=1S/C10H21N5O4S2/c1-3-7-15-8-9(10(11)14-15)21(18,19)13-6-4-5-12-20(2,16)17/h8,12-13H,3-7H2,1-2H3,(H2,11,14). The molecule has 0 aromatic carbocycles. The van der Waals surface area contributed by atoms with E-state index in [1.165, 1.54) is 10.9 Å². The quantitative estimate of drug-likeness (QED) is 0.498. The molecular weight excluding hydrogens is 318 g/mol. The zero-order valence-corrected chi connectivity index (χ0v) is 13.7. The Morgan fingerprint density at radius 1 is 1.24 bits per heavy atom. The second kappa shape index (κ2) is 7.20. The maximum atomic E-state index is 12.0. The molecule has 21 heavy (non-hydrogen) atoms. The van der Waals surface area contributed by atoms with Crippen molar-refractivity contribution in [1.29, 1.82) is 0 Å². The minimum Gasteiger partial charge on any atom is -0.381 e. The van der Waals surface area contributed by atoms with Gasteiger partial charge < -0.3 is 5.73 Å². The fraction of sp³-hybridized carbons (Fsp3) is 0.700. The van der Waals surface area contributed by atoms with Crippen molar-refractivity contribution >= 4 is 25.9 Å². The number of nitrogens with two attached hydrogens (primary N) is 1. The summed E-state index contributed by atoms with van der Waals surface area (Å²) in [5, 5.41) is 3.93. The van der Waals surface area contributed by atoms with Gasteiger partial charge in [-0.15, -0.1) is 0 Å². The first kappa shape index (κ1) is 17.9. The van der Waals surface area contributed by atoms with Crippen molar-refractivity contribution in [2.45, 2.75) is 31.2 Å².